The quantitative estimate of drug-likeness (QED) is 0.627. The lowest BCUT2D eigenvalue weighted by atomic mass is 10.2. The van der Waals surface area contributed by atoms with E-state index in [9.17, 15) is 31.5 Å². The number of hydrogen-bond acceptors (Lipinski definition) is 2. The molecule has 0 radical (unpaired) electrons. The molecule has 0 saturated heterocycles. The van der Waals surface area contributed by atoms with E-state index in [1.54, 1.807) is 0 Å². The number of amides is 1. The number of rotatable bonds is 4. The fourth-order valence-corrected chi connectivity index (χ4v) is 0.898. The van der Waals surface area contributed by atoms with E-state index in [0.717, 1.165) is 5.32 Å². The first-order chi connectivity index (χ1) is 6.61. The molecule has 0 spiro atoms. The lowest BCUT2D eigenvalue weighted by molar-refractivity contribution is -0.175. The van der Waals surface area contributed by atoms with Gasteiger partial charge in [-0.05, 0) is 0 Å². The smallest absolute Gasteiger partial charge is 0.342 e. The topological polar surface area (TPSA) is 46.2 Å². The van der Waals surface area contributed by atoms with Gasteiger partial charge in [0, 0.05) is 0 Å². The summed E-state index contributed by atoms with van der Waals surface area (Å²) in [4.78, 5) is 20.6. The molecule has 88 valence electrons. The van der Waals surface area contributed by atoms with E-state index in [0.29, 0.717) is 0 Å². The second kappa shape index (κ2) is 4.86. The van der Waals surface area contributed by atoms with E-state index in [1.807, 2.05) is 0 Å². The summed E-state index contributed by atoms with van der Waals surface area (Å²) in [5.41, 5.74) is 0. The molecule has 0 bridgehead atoms. The highest BCUT2D eigenvalue weighted by atomic mass is 79.9. The molecule has 0 aromatic heterocycles. The molecule has 0 aromatic carbocycles. The maximum Gasteiger partial charge on any atom is 0.471 e. The Bertz CT molecular complexity index is 265. The summed E-state index contributed by atoms with van der Waals surface area (Å²) in [6, 6.07) is 0. The van der Waals surface area contributed by atoms with Gasteiger partial charge >= 0.3 is 18.0 Å². The molecule has 0 fully saturated rings. The lowest BCUT2D eigenvalue weighted by Gasteiger charge is -2.15. The second-order valence-corrected chi connectivity index (χ2v) is 3.00. The number of carbonyl (C=O) groups excluding carboxylic acids is 2. The van der Waals surface area contributed by atoms with Crippen LogP contribution >= 0.6 is 15.9 Å². The van der Waals surface area contributed by atoms with Gasteiger partial charge in [0.15, 0.2) is 0 Å². The van der Waals surface area contributed by atoms with Crippen LogP contribution in [0.1, 0.15) is 0 Å². The second-order valence-electron chi connectivity index (χ2n) is 2.44. The summed E-state index contributed by atoms with van der Waals surface area (Å²) < 4.78 is 59.9. The van der Waals surface area contributed by atoms with Crippen LogP contribution in [0.3, 0.4) is 0 Å². The molecule has 0 aliphatic carbocycles. The van der Waals surface area contributed by atoms with E-state index in [2.05, 4.69) is 15.9 Å². The van der Waals surface area contributed by atoms with E-state index in [4.69, 9.17) is 0 Å². The summed E-state index contributed by atoms with van der Waals surface area (Å²) in [5.74, 6) is -8.13. The minimum atomic E-state index is -5.24. The number of hydrogen-bond donors (Lipinski definition) is 1. The Balaban J connectivity index is 4.28. The zero-order valence-electron chi connectivity index (χ0n) is 7.00. The van der Waals surface area contributed by atoms with Crippen molar-refractivity contribution in [1.29, 1.82) is 0 Å². The fraction of sp³-hybridized carbons (Fsp3) is 0.667. The molecule has 15 heavy (non-hydrogen) atoms. The third-order valence-electron chi connectivity index (χ3n) is 1.26. The Morgan fingerprint density at radius 3 is 1.93 bits per heavy atom. The van der Waals surface area contributed by atoms with E-state index < -0.39 is 35.7 Å². The van der Waals surface area contributed by atoms with Crippen LogP contribution in [0.25, 0.3) is 0 Å². The number of ketones is 1. The normalized spacial score (nSPS) is 12.4. The zero-order chi connectivity index (χ0) is 12.3. The Hall–Kier alpha value is -0.730. The molecule has 0 saturated carbocycles. The Morgan fingerprint density at radius 2 is 1.60 bits per heavy atom. The van der Waals surface area contributed by atoms with Gasteiger partial charge in [0.25, 0.3) is 0 Å². The summed E-state index contributed by atoms with van der Waals surface area (Å²) in [6.07, 6.45) is -5.24. The zero-order valence-corrected chi connectivity index (χ0v) is 8.58. The number of halogens is 6. The molecular formula is C6H5BrF5NO2. The predicted octanol–water partition coefficient (Wildman–Crippen LogP) is 1.26. The average Bonchev–Trinajstić information content (AvgIpc) is 2.11. The first-order valence-corrected chi connectivity index (χ1v) is 4.55. The van der Waals surface area contributed by atoms with Gasteiger partial charge in [-0.2, -0.15) is 22.0 Å². The minimum Gasteiger partial charge on any atom is -0.342 e. The fourth-order valence-electron chi connectivity index (χ4n) is 0.488. The predicted molar refractivity (Wildman–Crippen MR) is 42.8 cm³/mol. The highest BCUT2D eigenvalue weighted by molar-refractivity contribution is 9.09. The maximum atomic E-state index is 12.6. The number of carbonyl (C=O) groups is 2. The van der Waals surface area contributed by atoms with Crippen LogP contribution in [0, 0.1) is 0 Å². The van der Waals surface area contributed by atoms with Crippen molar-refractivity contribution < 1.29 is 31.5 Å². The molecule has 0 aliphatic rings. The molecular weight excluding hydrogens is 293 g/mol. The van der Waals surface area contributed by atoms with Crippen LogP contribution in [0.15, 0.2) is 0 Å². The van der Waals surface area contributed by atoms with Crippen LogP contribution < -0.4 is 5.32 Å². The van der Waals surface area contributed by atoms with Crippen molar-refractivity contribution >= 4 is 27.6 Å². The molecule has 0 heterocycles. The third-order valence-corrected chi connectivity index (χ3v) is 1.77. The Morgan fingerprint density at radius 1 is 1.13 bits per heavy atom. The van der Waals surface area contributed by atoms with Crippen molar-refractivity contribution in [3.05, 3.63) is 0 Å². The highest BCUT2D eigenvalue weighted by Gasteiger charge is 2.43. The Kier molecular flexibility index (Phi) is 4.63. The van der Waals surface area contributed by atoms with Crippen molar-refractivity contribution in [3.8, 4) is 0 Å². The molecule has 1 N–H and O–H groups in total. The van der Waals surface area contributed by atoms with Gasteiger partial charge in [0.2, 0.25) is 5.78 Å². The standard InChI is InChI=1S/C6H5BrF5NO2/c7-1-3(14)5(8,9)2-13-4(15)6(10,11)12/h1-2H2,(H,13,15). The van der Waals surface area contributed by atoms with Crippen LogP contribution in [-0.2, 0) is 9.59 Å². The van der Waals surface area contributed by atoms with Crippen LogP contribution in [0.5, 0.6) is 0 Å². The van der Waals surface area contributed by atoms with Crippen molar-refractivity contribution in [2.45, 2.75) is 12.1 Å². The molecule has 0 atom stereocenters. The third kappa shape index (κ3) is 4.54. The van der Waals surface area contributed by atoms with Gasteiger partial charge in [-0.3, -0.25) is 9.59 Å². The lowest BCUT2D eigenvalue weighted by Crippen LogP contribution is -2.46. The average molecular weight is 298 g/mol. The Labute approximate surface area is 89.1 Å². The van der Waals surface area contributed by atoms with Crippen molar-refractivity contribution in [2.24, 2.45) is 0 Å². The molecule has 0 rings (SSSR count). The van der Waals surface area contributed by atoms with Gasteiger partial charge in [-0.25, -0.2) is 0 Å². The van der Waals surface area contributed by atoms with Crippen LogP contribution in [0.2, 0.25) is 0 Å². The number of Topliss-reactive ketones (excluding diaryl/α,β-unsaturated/α-hetero) is 1. The molecule has 1 amide bonds. The molecule has 0 unspecified atom stereocenters. The summed E-state index contributed by atoms with van der Waals surface area (Å²) >= 11 is 2.43. The SMILES string of the molecule is O=C(NCC(F)(F)C(=O)CBr)C(F)(F)F. The van der Waals surface area contributed by atoms with Gasteiger partial charge < -0.3 is 5.32 Å². The van der Waals surface area contributed by atoms with Gasteiger partial charge in [0.1, 0.15) is 0 Å². The molecule has 9 heteroatoms. The summed E-state index contributed by atoms with van der Waals surface area (Å²) in [5, 5.41) is 0.216. The highest BCUT2D eigenvalue weighted by Crippen LogP contribution is 2.17. The van der Waals surface area contributed by atoms with Gasteiger partial charge in [0.05, 0.1) is 11.9 Å². The first-order valence-electron chi connectivity index (χ1n) is 3.43. The first kappa shape index (κ1) is 14.3. The van der Waals surface area contributed by atoms with Gasteiger partial charge in [-0.15, -0.1) is 0 Å². The van der Waals surface area contributed by atoms with Crippen molar-refractivity contribution in [1.82, 2.24) is 5.32 Å². The van der Waals surface area contributed by atoms with Crippen LogP contribution in [-0.4, -0.2) is 35.7 Å². The molecule has 0 aliphatic heterocycles. The minimum absolute atomic E-state index is 0.706. The van der Waals surface area contributed by atoms with E-state index in [1.165, 1.54) is 0 Å². The molecule has 0 aromatic rings. The van der Waals surface area contributed by atoms with E-state index in [-0.39, 0.29) is 0 Å². The number of alkyl halides is 6. The van der Waals surface area contributed by atoms with Crippen LogP contribution in [0.4, 0.5) is 22.0 Å². The number of nitrogens with one attached hydrogen (secondary N) is 1. The largest absolute Gasteiger partial charge is 0.471 e. The maximum absolute atomic E-state index is 12.6. The van der Waals surface area contributed by atoms with E-state index >= 15 is 0 Å². The monoisotopic (exact) mass is 297 g/mol. The summed E-state index contributed by atoms with van der Waals surface area (Å²) in [7, 11) is 0. The van der Waals surface area contributed by atoms with Gasteiger partial charge in [-0.1, -0.05) is 15.9 Å². The van der Waals surface area contributed by atoms with Crippen molar-refractivity contribution in [2.75, 3.05) is 11.9 Å². The summed E-state index contributed by atoms with van der Waals surface area (Å²) in [6.45, 7) is -1.67. The van der Waals surface area contributed by atoms with Crippen molar-refractivity contribution in [3.63, 3.8) is 0 Å². The molecule has 3 nitrogen and oxygen atoms in total.